The molecule has 1 aliphatic rings. The van der Waals surface area contributed by atoms with Gasteiger partial charge in [0.05, 0.1) is 5.56 Å². The summed E-state index contributed by atoms with van der Waals surface area (Å²) in [5, 5.41) is 0. The largest absolute Gasteiger partial charge is 0.416 e. The van der Waals surface area contributed by atoms with Crippen molar-refractivity contribution in [3.8, 4) is 0 Å². The lowest BCUT2D eigenvalue weighted by Crippen LogP contribution is -2.09. The monoisotopic (exact) mass is 199 g/mol. The molecule has 0 bridgehead atoms. The highest BCUT2D eigenvalue weighted by Gasteiger charge is 2.30. The maximum Gasteiger partial charge on any atom is 0.416 e. The molecule has 0 saturated carbocycles. The van der Waals surface area contributed by atoms with Crippen molar-refractivity contribution in [3.05, 3.63) is 34.9 Å². The molecule has 0 radical (unpaired) electrons. The highest BCUT2D eigenvalue weighted by Crippen LogP contribution is 2.30. The fourth-order valence-corrected chi connectivity index (χ4v) is 1.47. The van der Waals surface area contributed by atoms with Crippen LogP contribution < -0.4 is 0 Å². The zero-order chi connectivity index (χ0) is 10.2. The quantitative estimate of drug-likeness (QED) is 0.609. The van der Waals surface area contributed by atoms with Gasteiger partial charge in [0.25, 0.3) is 0 Å². The van der Waals surface area contributed by atoms with E-state index in [4.69, 9.17) is 0 Å². The standard InChI is InChI=1S/C10H8F3N/c11-10(12,13)9-2-1-7-3-4-14-6-8(7)5-9/h1-2,5-6H,3-4H2. The van der Waals surface area contributed by atoms with Gasteiger partial charge in [-0.2, -0.15) is 13.2 Å². The van der Waals surface area contributed by atoms with Crippen molar-refractivity contribution >= 4 is 6.21 Å². The minimum Gasteiger partial charge on any atom is -0.292 e. The maximum atomic E-state index is 12.3. The third-order valence-corrected chi connectivity index (χ3v) is 2.21. The molecule has 1 heterocycles. The normalized spacial score (nSPS) is 15.4. The van der Waals surface area contributed by atoms with Crippen molar-refractivity contribution in [1.29, 1.82) is 0 Å². The zero-order valence-electron chi connectivity index (χ0n) is 7.30. The number of hydrogen-bond donors (Lipinski definition) is 0. The smallest absolute Gasteiger partial charge is 0.292 e. The van der Waals surface area contributed by atoms with Crippen molar-refractivity contribution in [3.63, 3.8) is 0 Å². The molecular weight excluding hydrogens is 191 g/mol. The summed E-state index contributed by atoms with van der Waals surface area (Å²) in [6.07, 6.45) is -2.03. The predicted octanol–water partition coefficient (Wildman–Crippen LogP) is 2.68. The van der Waals surface area contributed by atoms with Crippen molar-refractivity contribution in [1.82, 2.24) is 0 Å². The molecule has 1 aliphatic heterocycles. The van der Waals surface area contributed by atoms with Crippen LogP contribution in [-0.4, -0.2) is 12.8 Å². The van der Waals surface area contributed by atoms with Crippen LogP contribution in [0.25, 0.3) is 0 Å². The molecule has 0 unspecified atom stereocenters. The van der Waals surface area contributed by atoms with E-state index in [2.05, 4.69) is 4.99 Å². The number of fused-ring (bicyclic) bond motifs is 1. The molecule has 74 valence electrons. The Morgan fingerprint density at radius 2 is 2.00 bits per heavy atom. The lowest BCUT2D eigenvalue weighted by atomic mass is 10.0. The van der Waals surface area contributed by atoms with Crippen LogP contribution >= 0.6 is 0 Å². The van der Waals surface area contributed by atoms with Gasteiger partial charge >= 0.3 is 6.18 Å². The van der Waals surface area contributed by atoms with Gasteiger partial charge in [-0.05, 0) is 29.7 Å². The first-order chi connectivity index (χ1) is 6.57. The van der Waals surface area contributed by atoms with E-state index < -0.39 is 11.7 Å². The van der Waals surface area contributed by atoms with Gasteiger partial charge in [-0.15, -0.1) is 0 Å². The molecule has 0 saturated heterocycles. The molecule has 1 aromatic rings. The molecule has 0 N–H and O–H groups in total. The highest BCUT2D eigenvalue weighted by atomic mass is 19.4. The molecule has 0 spiro atoms. The first-order valence-corrected chi connectivity index (χ1v) is 4.27. The second-order valence-electron chi connectivity index (χ2n) is 3.20. The molecule has 14 heavy (non-hydrogen) atoms. The van der Waals surface area contributed by atoms with Crippen LogP contribution in [0.15, 0.2) is 23.2 Å². The van der Waals surface area contributed by atoms with Crippen molar-refractivity contribution in [2.75, 3.05) is 6.54 Å². The molecule has 0 amide bonds. The summed E-state index contributed by atoms with van der Waals surface area (Å²) in [5.74, 6) is 0. The van der Waals surface area contributed by atoms with Crippen molar-refractivity contribution in [2.45, 2.75) is 12.6 Å². The van der Waals surface area contributed by atoms with Gasteiger partial charge in [0.2, 0.25) is 0 Å². The fourth-order valence-electron chi connectivity index (χ4n) is 1.47. The molecule has 0 atom stereocenters. The minimum atomic E-state index is -4.26. The number of rotatable bonds is 0. The van der Waals surface area contributed by atoms with Crippen LogP contribution in [0.3, 0.4) is 0 Å². The van der Waals surface area contributed by atoms with Crippen LogP contribution in [0.4, 0.5) is 13.2 Å². The van der Waals surface area contributed by atoms with Gasteiger partial charge in [-0.3, -0.25) is 4.99 Å². The Kier molecular flexibility index (Phi) is 2.06. The lowest BCUT2D eigenvalue weighted by Gasteiger charge is -2.12. The highest BCUT2D eigenvalue weighted by molar-refractivity contribution is 5.83. The van der Waals surface area contributed by atoms with Gasteiger partial charge in [-0.1, -0.05) is 6.07 Å². The van der Waals surface area contributed by atoms with Crippen molar-refractivity contribution in [2.24, 2.45) is 4.99 Å². The zero-order valence-corrected chi connectivity index (χ0v) is 7.30. The van der Waals surface area contributed by atoms with Gasteiger partial charge in [0.15, 0.2) is 0 Å². The number of alkyl halides is 3. The molecule has 0 fully saturated rings. The lowest BCUT2D eigenvalue weighted by molar-refractivity contribution is -0.137. The first kappa shape index (κ1) is 9.24. The Morgan fingerprint density at radius 3 is 2.71 bits per heavy atom. The molecule has 1 aromatic carbocycles. The second-order valence-corrected chi connectivity index (χ2v) is 3.20. The van der Waals surface area contributed by atoms with E-state index in [1.807, 2.05) is 0 Å². The second kappa shape index (κ2) is 3.12. The molecular formula is C10H8F3N. The fraction of sp³-hybridized carbons (Fsp3) is 0.300. The first-order valence-electron chi connectivity index (χ1n) is 4.27. The Hall–Kier alpha value is -1.32. The summed E-state index contributed by atoms with van der Waals surface area (Å²) in [7, 11) is 0. The third kappa shape index (κ3) is 1.64. The average Bonchev–Trinajstić information content (AvgIpc) is 2.16. The van der Waals surface area contributed by atoms with Gasteiger partial charge in [0, 0.05) is 12.8 Å². The molecule has 0 aromatic heterocycles. The maximum absolute atomic E-state index is 12.3. The summed E-state index contributed by atoms with van der Waals surface area (Å²) >= 11 is 0. The number of halogens is 3. The Labute approximate surface area is 79.3 Å². The van der Waals surface area contributed by atoms with E-state index in [-0.39, 0.29) is 0 Å². The van der Waals surface area contributed by atoms with Crippen molar-refractivity contribution < 1.29 is 13.2 Å². The van der Waals surface area contributed by atoms with Gasteiger partial charge in [-0.25, -0.2) is 0 Å². The topological polar surface area (TPSA) is 12.4 Å². The Morgan fingerprint density at radius 1 is 1.21 bits per heavy atom. The number of benzene rings is 1. The third-order valence-electron chi connectivity index (χ3n) is 2.21. The summed E-state index contributed by atoms with van der Waals surface area (Å²) in [6, 6.07) is 3.80. The summed E-state index contributed by atoms with van der Waals surface area (Å²) in [5.41, 5.74) is 0.920. The summed E-state index contributed by atoms with van der Waals surface area (Å²) in [4.78, 5) is 3.95. The van der Waals surface area contributed by atoms with Crippen LogP contribution in [0.1, 0.15) is 16.7 Å². The summed E-state index contributed by atoms with van der Waals surface area (Å²) < 4.78 is 36.9. The van der Waals surface area contributed by atoms with Crippen LogP contribution in [-0.2, 0) is 12.6 Å². The average molecular weight is 199 g/mol. The van der Waals surface area contributed by atoms with E-state index in [1.165, 1.54) is 12.3 Å². The Bertz CT molecular complexity index is 379. The SMILES string of the molecule is FC(F)(F)c1ccc2c(c1)C=NCC2. The van der Waals surface area contributed by atoms with Crippen LogP contribution in [0.5, 0.6) is 0 Å². The molecule has 0 aliphatic carbocycles. The molecule has 4 heteroatoms. The number of nitrogens with zero attached hydrogens (tertiary/aromatic N) is 1. The van der Waals surface area contributed by atoms with Crippen LogP contribution in [0.2, 0.25) is 0 Å². The molecule has 2 rings (SSSR count). The Balaban J connectivity index is 2.45. The van der Waals surface area contributed by atoms with Gasteiger partial charge < -0.3 is 0 Å². The van der Waals surface area contributed by atoms with E-state index in [0.29, 0.717) is 12.1 Å². The van der Waals surface area contributed by atoms with E-state index >= 15 is 0 Å². The number of aliphatic imine (C=N–C) groups is 1. The van der Waals surface area contributed by atoms with E-state index in [9.17, 15) is 13.2 Å². The van der Waals surface area contributed by atoms with E-state index in [0.717, 1.165) is 24.1 Å². The summed E-state index contributed by atoms with van der Waals surface area (Å²) in [6.45, 7) is 0.665. The van der Waals surface area contributed by atoms with Gasteiger partial charge in [0.1, 0.15) is 0 Å². The minimum absolute atomic E-state index is 0.589. The molecule has 1 nitrogen and oxygen atoms in total. The van der Waals surface area contributed by atoms with E-state index in [1.54, 1.807) is 0 Å². The van der Waals surface area contributed by atoms with Crippen LogP contribution in [0, 0.1) is 0 Å². The number of hydrogen-bond acceptors (Lipinski definition) is 1. The predicted molar refractivity (Wildman–Crippen MR) is 47.6 cm³/mol.